The van der Waals surface area contributed by atoms with Crippen LogP contribution in [-0.2, 0) is 4.79 Å². The molecule has 2 saturated heterocycles. The Balaban J connectivity index is 1.28. The number of halogens is 1. The lowest BCUT2D eigenvalue weighted by atomic mass is 10.0. The molecule has 2 aliphatic heterocycles. The smallest absolute Gasteiger partial charge is 0.231 e. The summed E-state index contributed by atoms with van der Waals surface area (Å²) in [7, 11) is 0. The highest BCUT2D eigenvalue weighted by molar-refractivity contribution is 6.05. The summed E-state index contributed by atoms with van der Waals surface area (Å²) in [5, 5.41) is 5.32. The summed E-state index contributed by atoms with van der Waals surface area (Å²) in [6, 6.07) is 23.2. The first kappa shape index (κ1) is 20.1. The van der Waals surface area contributed by atoms with Crippen molar-refractivity contribution < 1.29 is 9.18 Å². The predicted octanol–water partition coefficient (Wildman–Crippen LogP) is 4.82. The zero-order chi connectivity index (χ0) is 22.5. The predicted molar refractivity (Wildman–Crippen MR) is 127 cm³/mol. The van der Waals surface area contributed by atoms with E-state index in [0.29, 0.717) is 24.2 Å². The molecule has 6 rings (SSSR count). The topological polar surface area (TPSA) is 41.4 Å². The highest BCUT2D eigenvalue weighted by Gasteiger charge is 2.47. The normalized spacial score (nSPS) is 21.6. The number of carbonyl (C=O) groups excluding carboxylic acids is 1. The Labute approximate surface area is 192 Å². The first-order valence-corrected chi connectivity index (χ1v) is 11.4. The molecule has 6 heteroatoms. The van der Waals surface area contributed by atoms with E-state index < -0.39 is 0 Å². The van der Waals surface area contributed by atoms with Crippen LogP contribution in [0.2, 0.25) is 0 Å². The Kier molecular flexibility index (Phi) is 4.76. The van der Waals surface area contributed by atoms with Gasteiger partial charge in [-0.25, -0.2) is 9.07 Å². The lowest BCUT2D eigenvalue weighted by Crippen LogP contribution is -2.34. The summed E-state index contributed by atoms with van der Waals surface area (Å²) in [4.78, 5) is 17.8. The molecule has 0 bridgehead atoms. The molecule has 3 aromatic carbocycles. The summed E-state index contributed by atoms with van der Waals surface area (Å²) in [6.07, 6.45) is 1.74. The maximum Gasteiger partial charge on any atom is 0.231 e. The number of anilines is 1. The van der Waals surface area contributed by atoms with Gasteiger partial charge in [0.25, 0.3) is 0 Å². The number of carbonyl (C=O) groups is 1. The molecular formula is C27H25FN4O. The molecule has 3 atom stereocenters. The van der Waals surface area contributed by atoms with E-state index in [1.165, 1.54) is 11.6 Å². The Hall–Kier alpha value is -3.51. The van der Waals surface area contributed by atoms with Crippen molar-refractivity contribution in [2.45, 2.75) is 13.0 Å². The minimum Gasteiger partial charge on any atom is -0.311 e. The molecule has 33 heavy (non-hydrogen) atoms. The minimum atomic E-state index is -0.327. The van der Waals surface area contributed by atoms with E-state index in [4.69, 9.17) is 0 Å². The largest absolute Gasteiger partial charge is 0.311 e. The van der Waals surface area contributed by atoms with Crippen molar-refractivity contribution in [2.24, 2.45) is 11.8 Å². The van der Waals surface area contributed by atoms with Crippen molar-refractivity contribution in [1.29, 1.82) is 0 Å². The number of nitrogens with zero attached hydrogens (tertiary/aromatic N) is 4. The molecule has 0 N–H and O–H groups in total. The highest BCUT2D eigenvalue weighted by Crippen LogP contribution is 2.40. The van der Waals surface area contributed by atoms with Crippen molar-refractivity contribution in [3.63, 3.8) is 0 Å². The SMILES string of the molecule is C[C@H](c1ccccc1)N1C[C@@H]2CN(c3cccc4c3cnn4-c3ccccc3F)C(=O)[C@@H]2C1. The van der Waals surface area contributed by atoms with Gasteiger partial charge in [-0.2, -0.15) is 5.10 Å². The van der Waals surface area contributed by atoms with Gasteiger partial charge in [0, 0.05) is 37.0 Å². The summed E-state index contributed by atoms with van der Waals surface area (Å²) >= 11 is 0. The number of benzene rings is 3. The van der Waals surface area contributed by atoms with Gasteiger partial charge in [0.2, 0.25) is 5.91 Å². The van der Waals surface area contributed by atoms with Crippen LogP contribution in [0.5, 0.6) is 0 Å². The number of amides is 1. The van der Waals surface area contributed by atoms with Crippen LogP contribution in [0.3, 0.4) is 0 Å². The molecular weight excluding hydrogens is 415 g/mol. The van der Waals surface area contributed by atoms with Crippen molar-refractivity contribution >= 4 is 22.5 Å². The van der Waals surface area contributed by atoms with Crippen molar-refractivity contribution in [3.8, 4) is 5.69 Å². The monoisotopic (exact) mass is 440 g/mol. The Morgan fingerprint density at radius 3 is 2.45 bits per heavy atom. The van der Waals surface area contributed by atoms with Gasteiger partial charge >= 0.3 is 0 Å². The fourth-order valence-corrected chi connectivity index (χ4v) is 5.46. The molecule has 0 spiro atoms. The number of fused-ring (bicyclic) bond motifs is 2. The third kappa shape index (κ3) is 3.25. The fourth-order valence-electron chi connectivity index (χ4n) is 5.46. The van der Waals surface area contributed by atoms with E-state index in [0.717, 1.165) is 29.7 Å². The first-order valence-electron chi connectivity index (χ1n) is 11.4. The Morgan fingerprint density at radius 2 is 1.67 bits per heavy atom. The van der Waals surface area contributed by atoms with E-state index in [1.54, 1.807) is 29.1 Å². The number of para-hydroxylation sites is 1. The van der Waals surface area contributed by atoms with Gasteiger partial charge in [0.15, 0.2) is 0 Å². The summed E-state index contributed by atoms with van der Waals surface area (Å²) < 4.78 is 16.0. The van der Waals surface area contributed by atoms with Crippen LogP contribution in [0.4, 0.5) is 10.1 Å². The van der Waals surface area contributed by atoms with E-state index in [2.05, 4.69) is 41.2 Å². The molecule has 1 amide bonds. The molecule has 0 aliphatic carbocycles. The molecule has 0 unspecified atom stereocenters. The molecule has 0 saturated carbocycles. The van der Waals surface area contributed by atoms with Crippen molar-refractivity contribution in [2.75, 3.05) is 24.5 Å². The van der Waals surface area contributed by atoms with E-state index in [9.17, 15) is 9.18 Å². The molecule has 1 aromatic heterocycles. The quantitative estimate of drug-likeness (QED) is 0.457. The maximum absolute atomic E-state index is 14.4. The second-order valence-corrected chi connectivity index (χ2v) is 9.07. The standard InChI is InChI=1S/C27H25FN4O/c1-18(19-8-3-2-4-9-19)30-15-20-16-31(27(33)22(20)17-30)24-12-7-13-25-21(24)14-29-32(25)26-11-6-5-10-23(26)28/h2-14,18,20,22H,15-17H2,1H3/t18-,20-,22-/m1/s1. The van der Waals surface area contributed by atoms with Gasteiger partial charge < -0.3 is 4.90 Å². The van der Waals surface area contributed by atoms with E-state index >= 15 is 0 Å². The highest BCUT2D eigenvalue weighted by atomic mass is 19.1. The molecule has 2 fully saturated rings. The van der Waals surface area contributed by atoms with E-state index in [1.807, 2.05) is 29.2 Å². The van der Waals surface area contributed by atoms with Crippen LogP contribution < -0.4 is 4.90 Å². The molecule has 2 aliphatic rings. The number of hydrogen-bond acceptors (Lipinski definition) is 3. The van der Waals surface area contributed by atoms with Crippen LogP contribution in [0, 0.1) is 17.7 Å². The Morgan fingerprint density at radius 1 is 0.909 bits per heavy atom. The van der Waals surface area contributed by atoms with Crippen molar-refractivity contribution in [3.05, 3.63) is 90.4 Å². The van der Waals surface area contributed by atoms with Crippen LogP contribution >= 0.6 is 0 Å². The van der Waals surface area contributed by atoms with Crippen LogP contribution in [-0.4, -0.2) is 40.2 Å². The maximum atomic E-state index is 14.4. The molecule has 166 valence electrons. The summed E-state index contributed by atoms with van der Waals surface area (Å²) in [5.74, 6) is 0.162. The summed E-state index contributed by atoms with van der Waals surface area (Å²) in [6.45, 7) is 4.61. The fraction of sp³-hybridized carbons (Fsp3) is 0.259. The number of rotatable bonds is 4. The van der Waals surface area contributed by atoms with Gasteiger partial charge in [-0.3, -0.25) is 9.69 Å². The minimum absolute atomic E-state index is 0.00744. The van der Waals surface area contributed by atoms with Crippen LogP contribution in [0.15, 0.2) is 79.0 Å². The van der Waals surface area contributed by atoms with Crippen molar-refractivity contribution in [1.82, 2.24) is 14.7 Å². The number of likely N-dealkylation sites (tertiary alicyclic amines) is 1. The van der Waals surface area contributed by atoms with Crippen LogP contribution in [0.1, 0.15) is 18.5 Å². The second-order valence-electron chi connectivity index (χ2n) is 9.07. The molecule has 0 radical (unpaired) electrons. The van der Waals surface area contributed by atoms with Crippen LogP contribution in [0.25, 0.3) is 16.6 Å². The van der Waals surface area contributed by atoms with Gasteiger partial charge in [-0.15, -0.1) is 0 Å². The third-order valence-corrected chi connectivity index (χ3v) is 7.26. The average molecular weight is 441 g/mol. The Bertz CT molecular complexity index is 1330. The van der Waals surface area contributed by atoms with E-state index in [-0.39, 0.29) is 17.6 Å². The van der Waals surface area contributed by atoms with Gasteiger partial charge in [-0.05, 0) is 36.8 Å². The summed E-state index contributed by atoms with van der Waals surface area (Å²) in [5.41, 5.74) is 3.34. The average Bonchev–Trinajstić information content (AvgIpc) is 3.54. The molecule has 4 aromatic rings. The first-order chi connectivity index (χ1) is 16.1. The molecule has 5 nitrogen and oxygen atoms in total. The zero-order valence-electron chi connectivity index (χ0n) is 18.4. The lowest BCUT2D eigenvalue weighted by Gasteiger charge is -2.27. The van der Waals surface area contributed by atoms with Gasteiger partial charge in [-0.1, -0.05) is 48.5 Å². The lowest BCUT2D eigenvalue weighted by molar-refractivity contribution is -0.120. The van der Waals surface area contributed by atoms with Gasteiger partial charge in [0.1, 0.15) is 11.5 Å². The molecule has 3 heterocycles. The number of hydrogen-bond donors (Lipinski definition) is 0. The van der Waals surface area contributed by atoms with Gasteiger partial charge in [0.05, 0.1) is 23.3 Å². The second kappa shape index (κ2) is 7.81. The third-order valence-electron chi connectivity index (χ3n) is 7.26. The zero-order valence-corrected chi connectivity index (χ0v) is 18.4. The number of aromatic nitrogens is 2.